The highest BCUT2D eigenvalue weighted by atomic mass is 16.1. The first-order chi connectivity index (χ1) is 16.0. The Morgan fingerprint density at radius 2 is 1.03 bits per heavy atom. The summed E-state index contributed by atoms with van der Waals surface area (Å²) in [6, 6.07) is 15.6. The molecule has 0 radical (unpaired) electrons. The lowest BCUT2D eigenvalue weighted by Gasteiger charge is -2.23. The van der Waals surface area contributed by atoms with Gasteiger partial charge in [0, 0.05) is 5.92 Å². The van der Waals surface area contributed by atoms with Crippen molar-refractivity contribution in [2.24, 2.45) is 20.0 Å². The van der Waals surface area contributed by atoms with E-state index in [2.05, 4.69) is 20.0 Å². The number of hydrogen-bond acceptors (Lipinski definition) is 8. The van der Waals surface area contributed by atoms with Crippen LogP contribution in [0.3, 0.4) is 0 Å². The average Bonchev–Trinajstić information content (AvgIpc) is 2.79. The monoisotopic (exact) mass is 436 g/mol. The fourth-order valence-electron chi connectivity index (χ4n) is 3.82. The van der Waals surface area contributed by atoms with Crippen LogP contribution in [0.15, 0.2) is 74.6 Å². The molecule has 0 fully saturated rings. The summed E-state index contributed by atoms with van der Waals surface area (Å²) in [7, 11) is 0. The fourth-order valence-corrected chi connectivity index (χ4v) is 3.82. The quantitative estimate of drug-likeness (QED) is 0.282. The van der Waals surface area contributed by atoms with Gasteiger partial charge in [-0.05, 0) is 65.9 Å². The molecule has 0 aliphatic rings. The first kappa shape index (κ1) is 22.9. The van der Waals surface area contributed by atoms with Crippen molar-refractivity contribution < 1.29 is 19.2 Å². The molecule has 0 aliphatic carbocycles. The van der Waals surface area contributed by atoms with Crippen molar-refractivity contribution in [2.45, 2.75) is 19.8 Å². The lowest BCUT2D eigenvalue weighted by Crippen LogP contribution is -2.06. The summed E-state index contributed by atoms with van der Waals surface area (Å²) in [4.78, 5) is 59.6. The third-order valence-electron chi connectivity index (χ3n) is 5.05. The van der Waals surface area contributed by atoms with Gasteiger partial charge in [-0.2, -0.15) is 20.0 Å². The van der Waals surface area contributed by atoms with E-state index in [1.54, 1.807) is 50.3 Å². The third-order valence-corrected chi connectivity index (χ3v) is 5.05. The molecule has 0 unspecified atom stereocenters. The summed E-state index contributed by atoms with van der Waals surface area (Å²) < 4.78 is 0. The van der Waals surface area contributed by atoms with Crippen LogP contribution in [-0.4, -0.2) is 24.3 Å². The van der Waals surface area contributed by atoms with Crippen molar-refractivity contribution in [2.75, 3.05) is 0 Å². The average molecular weight is 436 g/mol. The van der Waals surface area contributed by atoms with Crippen LogP contribution in [0, 0.1) is 13.8 Å². The maximum absolute atomic E-state index is 11.2. The van der Waals surface area contributed by atoms with Crippen LogP contribution in [0.2, 0.25) is 0 Å². The molecule has 160 valence electrons. The number of benzene rings is 3. The summed E-state index contributed by atoms with van der Waals surface area (Å²) in [6.07, 6.45) is 6.17. The standard InChI is InChI=1S/C25H16N4O4/c1-16-8-19(26-12-30)10-21(24(16)28-14-32)23(18-6-4-3-5-7-18)22-11-20(27-13-31)9-17(2)25(22)29-15-33/h3-11,23H,1-2H3. The van der Waals surface area contributed by atoms with Crippen LogP contribution in [0.1, 0.15) is 33.7 Å². The molecule has 0 spiro atoms. The van der Waals surface area contributed by atoms with E-state index in [0.717, 1.165) is 5.56 Å². The van der Waals surface area contributed by atoms with Crippen molar-refractivity contribution >= 4 is 47.1 Å². The molecular formula is C25H16N4O4. The molecule has 3 rings (SSSR count). The lowest BCUT2D eigenvalue weighted by atomic mass is 9.81. The maximum Gasteiger partial charge on any atom is 0.240 e. The number of aliphatic imine (C=N–C) groups is 4. The highest BCUT2D eigenvalue weighted by molar-refractivity contribution is 5.73. The van der Waals surface area contributed by atoms with Crippen molar-refractivity contribution in [3.8, 4) is 0 Å². The van der Waals surface area contributed by atoms with E-state index in [1.165, 1.54) is 12.2 Å². The van der Waals surface area contributed by atoms with Gasteiger partial charge in [-0.15, -0.1) is 0 Å². The molecule has 0 N–H and O–H groups in total. The molecule has 0 saturated heterocycles. The van der Waals surface area contributed by atoms with Gasteiger partial charge in [0.1, 0.15) is 0 Å². The van der Waals surface area contributed by atoms with Crippen LogP contribution in [0.5, 0.6) is 0 Å². The smallest absolute Gasteiger partial charge is 0.211 e. The SMILES string of the molecule is Cc1cc(N=C=O)cc(C(c2ccccc2)c2cc(N=C=O)cc(C)c2N=C=O)c1N=C=O. The third kappa shape index (κ3) is 4.92. The molecule has 0 aliphatic heterocycles. The van der Waals surface area contributed by atoms with E-state index in [0.29, 0.717) is 45.0 Å². The van der Waals surface area contributed by atoms with Gasteiger partial charge in [-0.25, -0.2) is 19.2 Å². The summed E-state index contributed by atoms with van der Waals surface area (Å²) in [6.45, 7) is 3.43. The molecule has 0 bridgehead atoms. The van der Waals surface area contributed by atoms with Gasteiger partial charge in [-0.3, -0.25) is 0 Å². The summed E-state index contributed by atoms with van der Waals surface area (Å²) >= 11 is 0. The lowest BCUT2D eigenvalue weighted by molar-refractivity contribution is 0.564. The van der Waals surface area contributed by atoms with Gasteiger partial charge in [0.25, 0.3) is 0 Å². The van der Waals surface area contributed by atoms with Crippen LogP contribution >= 0.6 is 0 Å². The number of nitrogens with zero attached hydrogens (tertiary/aromatic N) is 4. The largest absolute Gasteiger partial charge is 0.240 e. The Balaban J connectivity index is 2.52. The molecule has 0 heterocycles. The van der Waals surface area contributed by atoms with E-state index >= 15 is 0 Å². The normalized spacial score (nSPS) is 10.6. The number of rotatable bonds is 7. The van der Waals surface area contributed by atoms with Gasteiger partial charge >= 0.3 is 0 Å². The Labute approximate surface area is 188 Å². The van der Waals surface area contributed by atoms with E-state index in [9.17, 15) is 19.2 Å². The van der Waals surface area contributed by atoms with Gasteiger partial charge in [0.05, 0.1) is 22.7 Å². The molecule has 8 heteroatoms. The molecule has 0 amide bonds. The Kier molecular flexibility index (Phi) is 7.25. The van der Waals surface area contributed by atoms with Gasteiger partial charge in [0.15, 0.2) is 0 Å². The highest BCUT2D eigenvalue weighted by Crippen LogP contribution is 2.45. The minimum absolute atomic E-state index is 0.308. The topological polar surface area (TPSA) is 118 Å². The minimum Gasteiger partial charge on any atom is -0.211 e. The molecule has 3 aromatic rings. The summed E-state index contributed by atoms with van der Waals surface area (Å²) in [5, 5.41) is 0. The number of carbonyl (C=O) groups excluding carboxylic acids is 4. The van der Waals surface area contributed by atoms with E-state index in [4.69, 9.17) is 0 Å². The second kappa shape index (κ2) is 10.5. The van der Waals surface area contributed by atoms with Crippen molar-refractivity contribution in [3.63, 3.8) is 0 Å². The van der Waals surface area contributed by atoms with E-state index in [-0.39, 0.29) is 0 Å². The zero-order valence-electron chi connectivity index (χ0n) is 17.7. The summed E-state index contributed by atoms with van der Waals surface area (Å²) in [5.41, 5.74) is 4.19. The Morgan fingerprint density at radius 3 is 1.42 bits per heavy atom. The highest BCUT2D eigenvalue weighted by Gasteiger charge is 2.26. The van der Waals surface area contributed by atoms with Crippen LogP contribution in [0.4, 0.5) is 22.7 Å². The summed E-state index contributed by atoms with van der Waals surface area (Å²) in [5.74, 6) is -0.633. The van der Waals surface area contributed by atoms with Crippen molar-refractivity contribution in [1.29, 1.82) is 0 Å². The van der Waals surface area contributed by atoms with Crippen molar-refractivity contribution in [3.05, 3.63) is 82.4 Å². The van der Waals surface area contributed by atoms with Gasteiger partial charge in [0.2, 0.25) is 24.3 Å². The predicted octanol–water partition coefficient (Wildman–Crippen LogP) is 5.35. The molecular weight excluding hydrogens is 420 g/mol. The molecule has 8 nitrogen and oxygen atoms in total. The molecule has 3 aromatic carbocycles. The van der Waals surface area contributed by atoms with Crippen LogP contribution in [0.25, 0.3) is 0 Å². The molecule has 33 heavy (non-hydrogen) atoms. The Hall–Kier alpha value is -4.82. The van der Waals surface area contributed by atoms with E-state index in [1.807, 2.05) is 30.3 Å². The molecule has 0 saturated carbocycles. The predicted molar refractivity (Wildman–Crippen MR) is 121 cm³/mol. The van der Waals surface area contributed by atoms with Crippen LogP contribution < -0.4 is 0 Å². The first-order valence-electron chi connectivity index (χ1n) is 9.69. The number of isocyanates is 4. The fraction of sp³-hybridized carbons (Fsp3) is 0.120. The van der Waals surface area contributed by atoms with E-state index < -0.39 is 5.92 Å². The number of hydrogen-bond donors (Lipinski definition) is 0. The van der Waals surface area contributed by atoms with Gasteiger partial charge < -0.3 is 0 Å². The van der Waals surface area contributed by atoms with Gasteiger partial charge in [-0.1, -0.05) is 30.3 Å². The zero-order chi connectivity index (χ0) is 23.8. The van der Waals surface area contributed by atoms with Crippen LogP contribution in [-0.2, 0) is 19.2 Å². The van der Waals surface area contributed by atoms with Crippen molar-refractivity contribution in [1.82, 2.24) is 0 Å². The second-order valence-electron chi connectivity index (χ2n) is 7.06. The minimum atomic E-state index is -0.633. The number of aryl methyl sites for hydroxylation is 2. The molecule has 0 atom stereocenters. The molecule has 0 aromatic heterocycles. The maximum atomic E-state index is 11.2. The Morgan fingerprint density at radius 1 is 0.606 bits per heavy atom. The Bertz CT molecular complexity index is 1320. The second-order valence-corrected chi connectivity index (χ2v) is 7.06. The first-order valence-corrected chi connectivity index (χ1v) is 9.69. The zero-order valence-corrected chi connectivity index (χ0v) is 17.7.